The largest absolute Gasteiger partial charge is 0.481 e. The van der Waals surface area contributed by atoms with Crippen LogP contribution in [0.3, 0.4) is 0 Å². The fraction of sp³-hybridized carbons (Fsp3) is 0.714. The lowest BCUT2D eigenvalue weighted by Gasteiger charge is -2.31. The SMILES string of the molecule is CC(=O)O.CC(C)C[C@H](NC(=O)CNC(=O)[C@@H](NC(=O)[C@@H]1CCCN1C(=O)[C@H](CCC(=O)O)NC(=O)[C@H](C)NC(=O)[C@H](C)NC(=O)[C@@H]1CCCN1)C(C)C)C(=O)N[C@H](C(=O)N[C@@H](CCCCN)C(=O)N[C@@H](CCC(N)=O)C(=O)N[C@@H](CC(=O)O)C(=O)O)C(C)C. The summed E-state index contributed by atoms with van der Waals surface area (Å²) in [6, 6.07) is -14.2. The Morgan fingerprint density at radius 1 is 0.533 bits per heavy atom. The quantitative estimate of drug-likeness (QED) is 0.0259. The second-order valence-electron chi connectivity index (χ2n) is 23.1. The average molecular weight is 1280 g/mol. The molecule has 12 amide bonds. The van der Waals surface area contributed by atoms with Crippen LogP contribution in [0.2, 0.25) is 0 Å². The van der Waals surface area contributed by atoms with Crippen LogP contribution in [0.1, 0.15) is 146 Å². The molecular formula is C56H94N14O20. The summed E-state index contributed by atoms with van der Waals surface area (Å²) >= 11 is 0. The monoisotopic (exact) mass is 1280 g/mol. The van der Waals surface area contributed by atoms with E-state index in [1.165, 1.54) is 18.7 Å². The third kappa shape index (κ3) is 29.6. The van der Waals surface area contributed by atoms with Gasteiger partial charge in [-0.3, -0.25) is 71.9 Å². The number of carboxylic acid groups (broad SMARTS) is 4. The maximum Gasteiger partial charge on any atom is 0.326 e. The minimum atomic E-state index is -1.91. The molecule has 2 aliphatic rings. The fourth-order valence-electron chi connectivity index (χ4n) is 9.31. The number of hydrogen-bond acceptors (Lipinski definition) is 18. The van der Waals surface area contributed by atoms with Crippen molar-refractivity contribution in [2.75, 3.05) is 26.2 Å². The summed E-state index contributed by atoms with van der Waals surface area (Å²) in [5, 5.41) is 63.3. The Bertz CT molecular complexity index is 2540. The zero-order valence-electron chi connectivity index (χ0n) is 52.5. The number of unbranched alkanes of at least 4 members (excludes halogenated alkanes) is 1. The van der Waals surface area contributed by atoms with Crippen molar-refractivity contribution >= 4 is 94.8 Å². The van der Waals surface area contributed by atoms with E-state index < -0.39 is 199 Å². The molecule has 19 N–H and O–H groups in total. The Morgan fingerprint density at radius 2 is 1.06 bits per heavy atom. The van der Waals surface area contributed by atoms with Crippen LogP contribution in [0.5, 0.6) is 0 Å². The van der Waals surface area contributed by atoms with Crippen LogP contribution in [0.4, 0.5) is 0 Å². The summed E-state index contributed by atoms with van der Waals surface area (Å²) in [5.74, 6) is -16.7. The highest BCUT2D eigenvalue weighted by atomic mass is 16.4. The number of nitrogens with one attached hydrogen (secondary N) is 11. The van der Waals surface area contributed by atoms with Crippen molar-refractivity contribution < 1.29 is 97.1 Å². The molecular weight excluding hydrogens is 1190 g/mol. The molecule has 2 aliphatic heterocycles. The molecule has 0 aliphatic carbocycles. The maximum absolute atomic E-state index is 14.1. The molecule has 34 nitrogen and oxygen atoms in total. The van der Waals surface area contributed by atoms with Gasteiger partial charge in [0.25, 0.3) is 5.97 Å². The number of rotatable bonds is 38. The van der Waals surface area contributed by atoms with Crippen LogP contribution in [-0.2, 0) is 76.7 Å². The fourth-order valence-corrected chi connectivity index (χ4v) is 9.31. The molecule has 2 heterocycles. The maximum atomic E-state index is 14.1. The minimum Gasteiger partial charge on any atom is -0.481 e. The lowest BCUT2D eigenvalue weighted by atomic mass is 9.99. The number of carbonyl (C=O) groups excluding carboxylic acids is 12. The zero-order chi connectivity index (χ0) is 68.7. The van der Waals surface area contributed by atoms with E-state index in [2.05, 4.69) is 53.2 Å². The van der Waals surface area contributed by atoms with Gasteiger partial charge < -0.3 is 95.3 Å². The number of nitrogens with two attached hydrogens (primary N) is 2. The van der Waals surface area contributed by atoms with E-state index in [9.17, 15) is 82.1 Å². The molecule has 2 saturated heterocycles. The predicted molar refractivity (Wildman–Crippen MR) is 318 cm³/mol. The number of carboxylic acids is 4. The first-order chi connectivity index (χ1) is 42.0. The summed E-state index contributed by atoms with van der Waals surface area (Å²) in [5.41, 5.74) is 10.9. The zero-order valence-corrected chi connectivity index (χ0v) is 52.5. The predicted octanol–water partition coefficient (Wildman–Crippen LogP) is -4.48. The Kier molecular flexibility index (Phi) is 35.4. The number of hydrogen-bond donors (Lipinski definition) is 17. The van der Waals surface area contributed by atoms with Gasteiger partial charge in [0.2, 0.25) is 70.9 Å². The van der Waals surface area contributed by atoms with E-state index >= 15 is 0 Å². The second kappa shape index (κ2) is 40.2. The highest BCUT2D eigenvalue weighted by Crippen LogP contribution is 2.21. The van der Waals surface area contributed by atoms with Gasteiger partial charge in [-0.2, -0.15) is 0 Å². The first-order valence-electron chi connectivity index (χ1n) is 29.9. The van der Waals surface area contributed by atoms with Gasteiger partial charge >= 0.3 is 17.9 Å². The molecule has 2 rings (SSSR count). The van der Waals surface area contributed by atoms with Gasteiger partial charge in [0.1, 0.15) is 60.4 Å². The van der Waals surface area contributed by atoms with Gasteiger partial charge in [0.15, 0.2) is 0 Å². The standard InChI is InChI=1S/C54H90N14O18.C2H4O2/c1-26(2)23-35(49(80)66-43(28(5)6)52(83)63-32(13-9-10-20-55)47(78)62-33(16-18-38(56)69)48(79)65-36(54(85)86)24-41(73)74)61-39(70)25-58-51(82)42(27(3)4)67-50(81)37-15-12-22-68(37)53(84)34(17-19-40(71)72)64-45(76)30(8)59-44(75)29(7)60-46(77)31-14-11-21-57-31;1-2(3)4/h26-37,42-43,57H,9-25,55H2,1-8H3,(H2,56,69)(H,58,82)(H,59,75)(H,60,77)(H,61,70)(H,62,78)(H,63,83)(H,64,76)(H,65,79)(H,66,80)(H,67,81)(H,71,72)(H,73,74)(H,85,86);1H3,(H,3,4)/t29-,30-,31-,32-,33-,34-,35-,36-,37-,42-,43-;/m0./s1. The average Bonchev–Trinajstić information content (AvgIpc) is 4.28. The second-order valence-corrected chi connectivity index (χ2v) is 23.1. The van der Waals surface area contributed by atoms with E-state index in [1.54, 1.807) is 41.5 Å². The van der Waals surface area contributed by atoms with Gasteiger partial charge in [-0.1, -0.05) is 41.5 Å². The van der Waals surface area contributed by atoms with Crippen LogP contribution >= 0.6 is 0 Å². The van der Waals surface area contributed by atoms with Gasteiger partial charge in [-0.15, -0.1) is 0 Å². The first kappa shape index (κ1) is 79.5. The normalized spacial score (nSPS) is 17.3. The smallest absolute Gasteiger partial charge is 0.326 e. The van der Waals surface area contributed by atoms with Gasteiger partial charge in [-0.05, 0) is 109 Å². The van der Waals surface area contributed by atoms with E-state index in [-0.39, 0.29) is 57.0 Å². The Hall–Kier alpha value is -8.56. The van der Waals surface area contributed by atoms with E-state index in [4.69, 9.17) is 26.5 Å². The summed E-state index contributed by atoms with van der Waals surface area (Å²) < 4.78 is 0. The number of nitrogens with zero attached hydrogens (tertiary/aromatic N) is 1. The minimum absolute atomic E-state index is 0.0243. The molecule has 0 aromatic carbocycles. The van der Waals surface area contributed by atoms with Gasteiger partial charge in [0.05, 0.1) is 19.0 Å². The van der Waals surface area contributed by atoms with Crippen LogP contribution in [-0.4, -0.2) is 213 Å². The first-order valence-corrected chi connectivity index (χ1v) is 29.9. The van der Waals surface area contributed by atoms with E-state index in [0.717, 1.165) is 13.3 Å². The molecule has 11 atom stereocenters. The van der Waals surface area contributed by atoms with Crippen molar-refractivity contribution in [2.24, 2.45) is 29.2 Å². The topological polar surface area (TPSA) is 542 Å². The number of primary amides is 1. The molecule has 0 bridgehead atoms. The molecule has 90 heavy (non-hydrogen) atoms. The van der Waals surface area contributed by atoms with Crippen LogP contribution in [0.15, 0.2) is 0 Å². The number of amides is 12. The Labute approximate surface area is 521 Å². The van der Waals surface area contributed by atoms with Gasteiger partial charge in [-0.25, -0.2) is 4.79 Å². The molecule has 0 radical (unpaired) electrons. The van der Waals surface area contributed by atoms with Crippen molar-refractivity contribution in [3.8, 4) is 0 Å². The molecule has 508 valence electrons. The molecule has 0 spiro atoms. The third-order valence-corrected chi connectivity index (χ3v) is 14.1. The summed E-state index contributed by atoms with van der Waals surface area (Å²) in [7, 11) is 0. The van der Waals surface area contributed by atoms with Crippen molar-refractivity contribution in [1.29, 1.82) is 0 Å². The third-order valence-electron chi connectivity index (χ3n) is 14.1. The molecule has 2 fully saturated rings. The number of carbonyl (C=O) groups is 16. The highest BCUT2D eigenvalue weighted by Gasteiger charge is 2.41. The Morgan fingerprint density at radius 3 is 1.58 bits per heavy atom. The van der Waals surface area contributed by atoms with E-state index in [0.29, 0.717) is 25.8 Å². The summed E-state index contributed by atoms with van der Waals surface area (Å²) in [6.45, 7) is 13.9. The summed E-state index contributed by atoms with van der Waals surface area (Å²) in [4.78, 5) is 206. The van der Waals surface area contributed by atoms with Crippen LogP contribution in [0.25, 0.3) is 0 Å². The van der Waals surface area contributed by atoms with Crippen molar-refractivity contribution in [2.45, 2.75) is 212 Å². The molecule has 0 unspecified atom stereocenters. The molecule has 0 saturated carbocycles. The lowest BCUT2D eigenvalue weighted by molar-refractivity contribution is -0.147. The van der Waals surface area contributed by atoms with Gasteiger partial charge in [0, 0.05) is 26.3 Å². The molecule has 0 aromatic rings. The number of aliphatic carboxylic acids is 4. The lowest BCUT2D eigenvalue weighted by Crippen LogP contribution is -2.60. The Balaban J connectivity index is 0.00000980. The summed E-state index contributed by atoms with van der Waals surface area (Å²) in [6.07, 6.45) is -0.415. The van der Waals surface area contributed by atoms with Crippen molar-refractivity contribution in [1.82, 2.24) is 63.4 Å². The number of likely N-dealkylation sites (tertiary alicyclic amines) is 1. The van der Waals surface area contributed by atoms with Crippen LogP contribution < -0.4 is 70.0 Å². The highest BCUT2D eigenvalue weighted by molar-refractivity contribution is 5.99. The van der Waals surface area contributed by atoms with Crippen molar-refractivity contribution in [3.63, 3.8) is 0 Å². The van der Waals surface area contributed by atoms with E-state index in [1.807, 2.05) is 5.32 Å². The molecule has 0 aromatic heterocycles. The van der Waals surface area contributed by atoms with Crippen LogP contribution in [0, 0.1) is 17.8 Å². The van der Waals surface area contributed by atoms with Crippen molar-refractivity contribution in [3.05, 3.63) is 0 Å². The molecule has 34 heteroatoms.